The Labute approximate surface area is 109 Å². The molecule has 0 amide bonds. The zero-order chi connectivity index (χ0) is 13.4. The van der Waals surface area contributed by atoms with E-state index in [4.69, 9.17) is 0 Å². The summed E-state index contributed by atoms with van der Waals surface area (Å²) in [7, 11) is -3.99. The van der Waals surface area contributed by atoms with E-state index in [1.54, 1.807) is 0 Å². The van der Waals surface area contributed by atoms with E-state index in [2.05, 4.69) is 12.2 Å². The number of hydrogen-bond acceptors (Lipinski definition) is 3. The highest BCUT2D eigenvalue weighted by molar-refractivity contribution is 7.86. The summed E-state index contributed by atoms with van der Waals surface area (Å²) < 4.78 is 31.9. The van der Waals surface area contributed by atoms with Crippen LogP contribution >= 0.6 is 0 Å². The van der Waals surface area contributed by atoms with Crippen LogP contribution in [0.1, 0.15) is 25.3 Å². The van der Waals surface area contributed by atoms with Gasteiger partial charge in [-0.2, -0.15) is 8.42 Å². The standard InChI is InChI=1S/C13H21NO3S/c1-2-9-14-10-8-13(18(15,16)17)11-12-6-4-3-5-7-12/h3-7,13-14H,2,8-11H2,1H3,(H,15,16,17). The molecule has 5 heteroatoms. The van der Waals surface area contributed by atoms with Crippen molar-refractivity contribution in [2.45, 2.75) is 31.4 Å². The van der Waals surface area contributed by atoms with Gasteiger partial charge in [0.1, 0.15) is 0 Å². The van der Waals surface area contributed by atoms with E-state index in [0.29, 0.717) is 19.4 Å². The van der Waals surface area contributed by atoms with Crippen LogP contribution in [0, 0.1) is 0 Å². The van der Waals surface area contributed by atoms with Gasteiger partial charge in [0.05, 0.1) is 5.25 Å². The fourth-order valence-electron chi connectivity index (χ4n) is 1.80. The average Bonchev–Trinajstić information content (AvgIpc) is 2.33. The molecule has 2 N–H and O–H groups in total. The van der Waals surface area contributed by atoms with Gasteiger partial charge in [-0.15, -0.1) is 0 Å². The molecule has 4 nitrogen and oxygen atoms in total. The molecule has 1 unspecified atom stereocenters. The smallest absolute Gasteiger partial charge is 0.268 e. The van der Waals surface area contributed by atoms with Crippen molar-refractivity contribution in [3.8, 4) is 0 Å². The van der Waals surface area contributed by atoms with Gasteiger partial charge in [-0.3, -0.25) is 4.55 Å². The predicted octanol–water partition coefficient (Wildman–Crippen LogP) is 1.88. The molecule has 0 saturated heterocycles. The average molecular weight is 271 g/mol. The monoisotopic (exact) mass is 271 g/mol. The highest BCUT2D eigenvalue weighted by atomic mass is 32.2. The van der Waals surface area contributed by atoms with Crippen molar-refractivity contribution in [2.75, 3.05) is 13.1 Å². The summed E-state index contributed by atoms with van der Waals surface area (Å²) in [5, 5.41) is 2.42. The van der Waals surface area contributed by atoms with Gasteiger partial charge in [0.2, 0.25) is 0 Å². The molecule has 102 valence electrons. The summed E-state index contributed by atoms with van der Waals surface area (Å²) in [6.07, 6.45) is 1.79. The molecule has 0 spiro atoms. The highest BCUT2D eigenvalue weighted by Crippen LogP contribution is 2.12. The van der Waals surface area contributed by atoms with E-state index in [1.165, 1.54) is 0 Å². The summed E-state index contributed by atoms with van der Waals surface area (Å²) in [5.74, 6) is 0. The Morgan fingerprint density at radius 3 is 2.44 bits per heavy atom. The van der Waals surface area contributed by atoms with Crippen LogP contribution in [0.3, 0.4) is 0 Å². The lowest BCUT2D eigenvalue weighted by molar-refractivity contribution is 0.457. The molecule has 0 radical (unpaired) electrons. The van der Waals surface area contributed by atoms with E-state index in [9.17, 15) is 13.0 Å². The van der Waals surface area contributed by atoms with Crippen LogP contribution in [-0.4, -0.2) is 31.3 Å². The summed E-state index contributed by atoms with van der Waals surface area (Å²) in [5.41, 5.74) is 0.926. The van der Waals surface area contributed by atoms with Gasteiger partial charge in [-0.25, -0.2) is 0 Å². The van der Waals surface area contributed by atoms with E-state index in [-0.39, 0.29) is 0 Å². The fourth-order valence-corrected chi connectivity index (χ4v) is 2.62. The van der Waals surface area contributed by atoms with Crippen molar-refractivity contribution in [3.05, 3.63) is 35.9 Å². The zero-order valence-electron chi connectivity index (χ0n) is 10.7. The van der Waals surface area contributed by atoms with E-state index in [1.807, 2.05) is 30.3 Å². The highest BCUT2D eigenvalue weighted by Gasteiger charge is 2.22. The third-order valence-corrected chi connectivity index (χ3v) is 4.04. The van der Waals surface area contributed by atoms with Crippen LogP contribution in [0.4, 0.5) is 0 Å². The maximum absolute atomic E-state index is 11.3. The molecule has 18 heavy (non-hydrogen) atoms. The Morgan fingerprint density at radius 2 is 1.89 bits per heavy atom. The summed E-state index contributed by atoms with van der Waals surface area (Å²) in [4.78, 5) is 0. The first-order valence-corrected chi connectivity index (χ1v) is 7.75. The maximum atomic E-state index is 11.3. The molecule has 0 aliphatic carbocycles. The van der Waals surface area contributed by atoms with Crippen molar-refractivity contribution in [2.24, 2.45) is 0 Å². The first-order chi connectivity index (χ1) is 8.54. The van der Waals surface area contributed by atoms with Gasteiger partial charge < -0.3 is 5.32 Å². The van der Waals surface area contributed by atoms with Gasteiger partial charge in [-0.05, 0) is 37.9 Å². The minimum absolute atomic E-state index is 0.355. The van der Waals surface area contributed by atoms with Gasteiger partial charge >= 0.3 is 0 Å². The largest absolute Gasteiger partial charge is 0.317 e. The second-order valence-corrected chi connectivity index (χ2v) is 6.06. The molecule has 1 aromatic carbocycles. The lowest BCUT2D eigenvalue weighted by Gasteiger charge is -2.14. The Balaban J connectivity index is 2.57. The Morgan fingerprint density at radius 1 is 1.22 bits per heavy atom. The van der Waals surface area contributed by atoms with E-state index < -0.39 is 15.4 Å². The molecule has 0 heterocycles. The van der Waals surface area contributed by atoms with Crippen molar-refractivity contribution < 1.29 is 13.0 Å². The molecular formula is C13H21NO3S. The number of rotatable bonds is 8. The van der Waals surface area contributed by atoms with E-state index >= 15 is 0 Å². The molecule has 1 atom stereocenters. The third-order valence-electron chi connectivity index (χ3n) is 2.80. The zero-order valence-corrected chi connectivity index (χ0v) is 11.5. The second-order valence-electron chi connectivity index (χ2n) is 4.37. The number of benzene rings is 1. The Kier molecular flexibility index (Phi) is 6.32. The minimum Gasteiger partial charge on any atom is -0.317 e. The first-order valence-electron chi connectivity index (χ1n) is 6.25. The van der Waals surface area contributed by atoms with Gasteiger partial charge in [0.15, 0.2) is 0 Å². The molecule has 0 fully saturated rings. The van der Waals surface area contributed by atoms with Crippen LogP contribution in [-0.2, 0) is 16.5 Å². The SMILES string of the molecule is CCCNCCC(Cc1ccccc1)S(=O)(=O)O. The lowest BCUT2D eigenvalue weighted by Crippen LogP contribution is -2.28. The summed E-state index contributed by atoms with van der Waals surface area (Å²) in [6, 6.07) is 9.36. The second kappa shape index (κ2) is 7.51. The van der Waals surface area contributed by atoms with Gasteiger partial charge in [-0.1, -0.05) is 37.3 Å². The van der Waals surface area contributed by atoms with Crippen LogP contribution < -0.4 is 5.32 Å². The summed E-state index contributed by atoms with van der Waals surface area (Å²) >= 11 is 0. The first kappa shape index (κ1) is 15.1. The third kappa shape index (κ3) is 5.62. The molecule has 0 saturated carbocycles. The van der Waals surface area contributed by atoms with E-state index in [0.717, 1.165) is 18.5 Å². The Bertz CT molecular complexity index is 431. The van der Waals surface area contributed by atoms with Crippen molar-refractivity contribution in [1.29, 1.82) is 0 Å². The predicted molar refractivity (Wildman–Crippen MR) is 73.3 cm³/mol. The number of nitrogens with one attached hydrogen (secondary N) is 1. The topological polar surface area (TPSA) is 66.4 Å². The fraction of sp³-hybridized carbons (Fsp3) is 0.538. The minimum atomic E-state index is -3.99. The lowest BCUT2D eigenvalue weighted by atomic mass is 10.1. The molecule has 0 aromatic heterocycles. The summed E-state index contributed by atoms with van der Waals surface area (Å²) in [6.45, 7) is 3.52. The molecule has 1 aromatic rings. The van der Waals surface area contributed by atoms with Crippen LogP contribution in [0.15, 0.2) is 30.3 Å². The Hall–Kier alpha value is -0.910. The van der Waals surface area contributed by atoms with Gasteiger partial charge in [0, 0.05) is 0 Å². The van der Waals surface area contributed by atoms with Crippen molar-refractivity contribution in [3.63, 3.8) is 0 Å². The molecule has 0 aliphatic heterocycles. The number of hydrogen-bond donors (Lipinski definition) is 2. The van der Waals surface area contributed by atoms with Gasteiger partial charge in [0.25, 0.3) is 10.1 Å². The quantitative estimate of drug-likeness (QED) is 0.559. The maximum Gasteiger partial charge on any atom is 0.268 e. The van der Waals surface area contributed by atoms with Crippen molar-refractivity contribution >= 4 is 10.1 Å². The molecule has 0 aliphatic rings. The van der Waals surface area contributed by atoms with Crippen molar-refractivity contribution in [1.82, 2.24) is 5.32 Å². The molecule has 1 rings (SSSR count). The molecule has 0 bridgehead atoms. The molecular weight excluding hydrogens is 250 g/mol. The van der Waals surface area contributed by atoms with Crippen LogP contribution in [0.5, 0.6) is 0 Å². The normalized spacial score (nSPS) is 13.4. The van der Waals surface area contributed by atoms with Crippen LogP contribution in [0.2, 0.25) is 0 Å². The van der Waals surface area contributed by atoms with Crippen LogP contribution in [0.25, 0.3) is 0 Å².